The van der Waals surface area contributed by atoms with E-state index in [-0.39, 0.29) is 38.0 Å². The SMILES string of the molecule is C/C=C/C=C/C(=O)OCCCCCCCCCC(=O)OCC(COP(=O)([O-])OCC[N+](C)(C)C)OC(=O)CCCCCCCCCOC(=O)/C=C/C=C/C. The summed E-state index contributed by atoms with van der Waals surface area (Å²) in [6.07, 6.45) is 24.7. The van der Waals surface area contributed by atoms with Crippen LogP contribution in [0.2, 0.25) is 0 Å². The molecule has 0 saturated heterocycles. The van der Waals surface area contributed by atoms with E-state index in [0.717, 1.165) is 77.0 Å². The number of carbonyl (C=O) groups excluding carboxylic acids is 4. The van der Waals surface area contributed by atoms with Crippen LogP contribution in [0.1, 0.15) is 117 Å². The van der Waals surface area contributed by atoms with Gasteiger partial charge in [-0.25, -0.2) is 9.59 Å². The van der Waals surface area contributed by atoms with Crippen LogP contribution in [0.5, 0.6) is 0 Å². The van der Waals surface area contributed by atoms with Crippen LogP contribution in [0, 0.1) is 0 Å². The molecule has 0 amide bonds. The molecule has 0 rings (SSSR count). The summed E-state index contributed by atoms with van der Waals surface area (Å²) in [5.41, 5.74) is 0. The first-order chi connectivity index (χ1) is 25.8. The fraction of sp³-hybridized carbons (Fsp3) is 0.700. The number of ether oxygens (including phenoxy) is 4. The third-order valence-corrected chi connectivity index (χ3v) is 8.73. The fourth-order valence-electron chi connectivity index (χ4n) is 4.70. The standard InChI is InChI=1S/C40H68NO12P/c1-6-8-20-26-37(42)48-31-24-18-14-10-12-16-22-28-39(44)50-34-36(35-52-54(46,47)51-33-30-41(3,4)5)53-40(45)29-23-17-13-11-15-19-25-32-49-38(43)27-21-9-7-2/h6-9,20-21,26-27,36H,10-19,22-25,28-35H2,1-5H3/b8-6+,9-7+,26-20+,27-21+. The molecule has 0 aliphatic heterocycles. The molecule has 0 saturated carbocycles. The first-order valence-corrected chi connectivity index (χ1v) is 20.9. The Bertz CT molecular complexity index is 1190. The number of phosphoric acid groups is 1. The zero-order valence-corrected chi connectivity index (χ0v) is 34.4. The van der Waals surface area contributed by atoms with Gasteiger partial charge >= 0.3 is 23.9 Å². The van der Waals surface area contributed by atoms with Gasteiger partial charge in [-0.15, -0.1) is 0 Å². The molecular formula is C40H68NO12P. The monoisotopic (exact) mass is 785 g/mol. The van der Waals surface area contributed by atoms with Gasteiger partial charge in [0.1, 0.15) is 19.8 Å². The number of unbranched alkanes of at least 4 members (excludes halogenated alkanes) is 12. The van der Waals surface area contributed by atoms with Gasteiger partial charge in [-0.05, 0) is 39.5 Å². The topological polar surface area (TPSA) is 164 Å². The van der Waals surface area contributed by atoms with Gasteiger partial charge in [-0.2, -0.15) is 0 Å². The number of rotatable bonds is 34. The van der Waals surface area contributed by atoms with Crippen molar-refractivity contribution in [3.8, 4) is 0 Å². The van der Waals surface area contributed by atoms with E-state index in [2.05, 4.69) is 0 Å². The van der Waals surface area contributed by atoms with Crippen molar-refractivity contribution >= 4 is 31.7 Å². The van der Waals surface area contributed by atoms with E-state index in [9.17, 15) is 28.6 Å². The van der Waals surface area contributed by atoms with E-state index in [1.807, 2.05) is 47.1 Å². The maximum Gasteiger partial charge on any atom is 0.330 e. The Hall–Kier alpha value is -3.09. The summed E-state index contributed by atoms with van der Waals surface area (Å²) in [4.78, 5) is 60.4. The number of esters is 4. The predicted octanol–water partition coefficient (Wildman–Crippen LogP) is 7.24. The number of hydrogen-bond donors (Lipinski definition) is 0. The second-order valence-corrected chi connectivity index (χ2v) is 15.4. The minimum atomic E-state index is -4.67. The Morgan fingerprint density at radius 3 is 1.48 bits per heavy atom. The molecular weight excluding hydrogens is 717 g/mol. The van der Waals surface area contributed by atoms with E-state index >= 15 is 0 Å². The maximum atomic E-state index is 12.6. The second-order valence-electron chi connectivity index (χ2n) is 13.9. The maximum absolute atomic E-state index is 12.6. The van der Waals surface area contributed by atoms with E-state index in [0.29, 0.717) is 37.1 Å². The molecule has 13 nitrogen and oxygen atoms in total. The van der Waals surface area contributed by atoms with E-state index in [4.69, 9.17) is 28.0 Å². The second kappa shape index (κ2) is 33.3. The average molecular weight is 786 g/mol. The molecule has 0 aromatic heterocycles. The van der Waals surface area contributed by atoms with Gasteiger partial charge < -0.3 is 37.4 Å². The highest BCUT2D eigenvalue weighted by Gasteiger charge is 2.21. The molecule has 2 unspecified atom stereocenters. The fourth-order valence-corrected chi connectivity index (χ4v) is 5.43. The number of likely N-dealkylation sites (N-methyl/N-ethyl adjacent to an activating group) is 1. The van der Waals surface area contributed by atoms with Crippen molar-refractivity contribution in [1.29, 1.82) is 0 Å². The van der Waals surface area contributed by atoms with E-state index < -0.39 is 32.5 Å². The summed E-state index contributed by atoms with van der Waals surface area (Å²) in [5, 5.41) is 0. The van der Waals surface area contributed by atoms with Gasteiger partial charge in [0, 0.05) is 25.0 Å². The minimum Gasteiger partial charge on any atom is -0.756 e. The molecule has 0 fully saturated rings. The predicted molar refractivity (Wildman–Crippen MR) is 207 cm³/mol. The molecule has 0 bridgehead atoms. The molecule has 0 aliphatic rings. The van der Waals surface area contributed by atoms with Crippen LogP contribution in [-0.4, -0.2) is 95.2 Å². The molecule has 2 atom stereocenters. The third kappa shape index (κ3) is 35.9. The van der Waals surface area contributed by atoms with Crippen molar-refractivity contribution in [2.45, 2.75) is 123 Å². The Morgan fingerprint density at radius 1 is 0.574 bits per heavy atom. The molecule has 0 radical (unpaired) electrons. The van der Waals surface area contributed by atoms with Crippen LogP contribution < -0.4 is 4.89 Å². The molecule has 310 valence electrons. The molecule has 0 aromatic rings. The summed E-state index contributed by atoms with van der Waals surface area (Å²) in [5.74, 6) is -1.70. The number of nitrogens with zero attached hydrogens (tertiary/aromatic N) is 1. The molecule has 0 N–H and O–H groups in total. The summed E-state index contributed by atoms with van der Waals surface area (Å²) in [6.45, 7) is 4.01. The number of quaternary nitrogens is 1. The van der Waals surface area contributed by atoms with Crippen LogP contribution in [0.4, 0.5) is 0 Å². The summed E-state index contributed by atoms with van der Waals surface area (Å²) >= 11 is 0. The number of phosphoric ester groups is 1. The van der Waals surface area contributed by atoms with Crippen molar-refractivity contribution < 1.29 is 61.1 Å². The zero-order valence-electron chi connectivity index (χ0n) is 33.5. The Morgan fingerprint density at radius 2 is 1.02 bits per heavy atom. The molecule has 0 spiro atoms. The molecule has 0 heterocycles. The minimum absolute atomic E-state index is 0.0729. The van der Waals surface area contributed by atoms with Gasteiger partial charge in [0.05, 0.1) is 41.0 Å². The zero-order chi connectivity index (χ0) is 40.3. The average Bonchev–Trinajstić information content (AvgIpc) is 3.10. The normalized spacial score (nSPS) is 13.8. The largest absolute Gasteiger partial charge is 0.756 e. The van der Waals surface area contributed by atoms with Gasteiger partial charge in [-0.3, -0.25) is 14.2 Å². The van der Waals surface area contributed by atoms with Crippen molar-refractivity contribution in [3.63, 3.8) is 0 Å². The first-order valence-electron chi connectivity index (χ1n) is 19.5. The number of carbonyl (C=O) groups is 4. The highest BCUT2D eigenvalue weighted by molar-refractivity contribution is 7.45. The lowest BCUT2D eigenvalue weighted by molar-refractivity contribution is -0.870. The molecule has 14 heteroatoms. The van der Waals surface area contributed by atoms with Crippen molar-refractivity contribution in [3.05, 3.63) is 48.6 Å². The summed E-state index contributed by atoms with van der Waals surface area (Å²) in [7, 11) is 1.02. The molecule has 0 aromatic carbocycles. The first kappa shape index (κ1) is 50.9. The lowest BCUT2D eigenvalue weighted by Crippen LogP contribution is -2.37. The highest BCUT2D eigenvalue weighted by Crippen LogP contribution is 2.38. The van der Waals surface area contributed by atoms with Gasteiger partial charge in [0.2, 0.25) is 0 Å². The van der Waals surface area contributed by atoms with Gasteiger partial charge in [0.25, 0.3) is 7.82 Å². The van der Waals surface area contributed by atoms with Crippen LogP contribution in [0.25, 0.3) is 0 Å². The Kier molecular flexibility index (Phi) is 31.4. The molecule has 54 heavy (non-hydrogen) atoms. The number of hydrogen-bond acceptors (Lipinski definition) is 12. The lowest BCUT2D eigenvalue weighted by atomic mass is 10.1. The van der Waals surface area contributed by atoms with Gasteiger partial charge in [-0.1, -0.05) is 101 Å². The van der Waals surface area contributed by atoms with Crippen molar-refractivity contribution in [2.75, 3.05) is 60.7 Å². The Labute approximate surface area is 324 Å². The quantitative estimate of drug-likeness (QED) is 0.0122. The summed E-state index contributed by atoms with van der Waals surface area (Å²) < 4.78 is 43.9. The molecule has 0 aliphatic carbocycles. The van der Waals surface area contributed by atoms with Crippen LogP contribution >= 0.6 is 7.82 Å². The van der Waals surface area contributed by atoms with Gasteiger partial charge in [0.15, 0.2) is 6.10 Å². The van der Waals surface area contributed by atoms with Crippen molar-refractivity contribution in [1.82, 2.24) is 0 Å². The highest BCUT2D eigenvalue weighted by atomic mass is 31.2. The van der Waals surface area contributed by atoms with Crippen LogP contribution in [-0.2, 0) is 51.7 Å². The third-order valence-electron chi connectivity index (χ3n) is 7.77. The van der Waals surface area contributed by atoms with E-state index in [1.54, 1.807) is 24.3 Å². The van der Waals surface area contributed by atoms with Crippen LogP contribution in [0.3, 0.4) is 0 Å². The smallest absolute Gasteiger partial charge is 0.330 e. The van der Waals surface area contributed by atoms with Crippen LogP contribution in [0.15, 0.2) is 48.6 Å². The summed E-state index contributed by atoms with van der Waals surface area (Å²) in [6, 6.07) is 0. The number of allylic oxidation sites excluding steroid dienone is 6. The van der Waals surface area contributed by atoms with Crippen molar-refractivity contribution in [2.24, 2.45) is 0 Å². The Balaban J connectivity index is 4.46. The van der Waals surface area contributed by atoms with E-state index in [1.165, 1.54) is 12.2 Å². The lowest BCUT2D eigenvalue weighted by Gasteiger charge is -2.28.